The van der Waals surface area contributed by atoms with Crippen molar-refractivity contribution in [1.82, 2.24) is 0 Å². The lowest BCUT2D eigenvalue weighted by Crippen LogP contribution is -1.72. The first-order chi connectivity index (χ1) is 5.83. The molecule has 0 heterocycles. The fourth-order valence-electron chi connectivity index (χ4n) is 0.893. The maximum atomic E-state index is 5.54. The molecule has 0 unspecified atom stereocenters. The average molecular weight is 246 g/mol. The molecule has 0 nitrogen and oxygen atoms in total. The Kier molecular flexibility index (Phi) is 4.41. The van der Waals surface area contributed by atoms with Gasteiger partial charge in [0.15, 0.2) is 0 Å². The van der Waals surface area contributed by atoms with Crippen molar-refractivity contribution in [2.45, 2.75) is 6.42 Å². The lowest BCUT2D eigenvalue weighted by atomic mass is 10.2. The lowest BCUT2D eigenvalue weighted by Gasteiger charge is -1.93. The van der Waals surface area contributed by atoms with E-state index in [1.807, 2.05) is 12.1 Å². The predicted molar refractivity (Wildman–Crippen MR) is 58.5 cm³/mol. The highest BCUT2D eigenvalue weighted by molar-refractivity contribution is 9.10. The normalized spacial score (nSPS) is 10.8. The third kappa shape index (κ3) is 3.42. The second-order valence-electron chi connectivity index (χ2n) is 2.44. The van der Waals surface area contributed by atoms with Crippen molar-refractivity contribution in [2.24, 2.45) is 0 Å². The van der Waals surface area contributed by atoms with Crippen molar-refractivity contribution in [2.75, 3.05) is 5.88 Å². The van der Waals surface area contributed by atoms with Gasteiger partial charge in [-0.2, -0.15) is 0 Å². The molecule has 1 aromatic carbocycles. The first-order valence-electron chi connectivity index (χ1n) is 3.81. The van der Waals surface area contributed by atoms with Crippen LogP contribution in [0.5, 0.6) is 0 Å². The molecule has 0 amide bonds. The van der Waals surface area contributed by atoms with Crippen LogP contribution in [0.1, 0.15) is 12.0 Å². The van der Waals surface area contributed by atoms with Crippen LogP contribution in [0.15, 0.2) is 34.8 Å². The molecule has 0 N–H and O–H groups in total. The van der Waals surface area contributed by atoms with Crippen molar-refractivity contribution >= 4 is 33.6 Å². The zero-order valence-corrected chi connectivity index (χ0v) is 8.98. The van der Waals surface area contributed by atoms with Crippen LogP contribution in [0.4, 0.5) is 0 Å². The van der Waals surface area contributed by atoms with Crippen molar-refractivity contribution in [1.29, 1.82) is 0 Å². The van der Waals surface area contributed by atoms with Crippen molar-refractivity contribution < 1.29 is 0 Å². The molecule has 0 saturated carbocycles. The highest BCUT2D eigenvalue weighted by Crippen LogP contribution is 2.12. The van der Waals surface area contributed by atoms with Gasteiger partial charge in [0.05, 0.1) is 0 Å². The summed E-state index contributed by atoms with van der Waals surface area (Å²) in [4.78, 5) is 0. The van der Waals surface area contributed by atoms with Crippen LogP contribution in [0.2, 0.25) is 0 Å². The van der Waals surface area contributed by atoms with E-state index in [4.69, 9.17) is 11.6 Å². The van der Waals surface area contributed by atoms with Crippen LogP contribution in [0, 0.1) is 0 Å². The van der Waals surface area contributed by atoms with Crippen LogP contribution in [0.3, 0.4) is 0 Å². The van der Waals surface area contributed by atoms with Crippen molar-refractivity contribution in [3.63, 3.8) is 0 Å². The summed E-state index contributed by atoms with van der Waals surface area (Å²) >= 11 is 8.95. The van der Waals surface area contributed by atoms with E-state index in [9.17, 15) is 0 Å². The van der Waals surface area contributed by atoms with E-state index >= 15 is 0 Å². The molecule has 0 aromatic heterocycles. The van der Waals surface area contributed by atoms with Crippen LogP contribution in [0.25, 0.3) is 6.08 Å². The first kappa shape index (κ1) is 9.82. The highest BCUT2D eigenvalue weighted by atomic mass is 79.9. The van der Waals surface area contributed by atoms with E-state index in [0.717, 1.165) is 10.9 Å². The summed E-state index contributed by atoms with van der Waals surface area (Å²) in [5.41, 5.74) is 1.20. The van der Waals surface area contributed by atoms with E-state index in [1.54, 1.807) is 0 Å². The molecule has 0 saturated heterocycles. The largest absolute Gasteiger partial charge is 0.126 e. The van der Waals surface area contributed by atoms with Gasteiger partial charge in [0, 0.05) is 10.4 Å². The van der Waals surface area contributed by atoms with Crippen LogP contribution in [-0.4, -0.2) is 5.88 Å². The van der Waals surface area contributed by atoms with Crippen LogP contribution in [-0.2, 0) is 0 Å². The Hall–Kier alpha value is -0.270. The zero-order valence-electron chi connectivity index (χ0n) is 6.63. The second-order valence-corrected chi connectivity index (χ2v) is 3.73. The van der Waals surface area contributed by atoms with Crippen molar-refractivity contribution in [3.05, 3.63) is 40.4 Å². The summed E-state index contributed by atoms with van der Waals surface area (Å²) in [7, 11) is 0. The third-order valence-electron chi connectivity index (χ3n) is 1.43. The lowest BCUT2D eigenvalue weighted by molar-refractivity contribution is 1.24. The molecule has 0 aliphatic rings. The van der Waals surface area contributed by atoms with Gasteiger partial charge in [-0.25, -0.2) is 0 Å². The molecule has 1 aromatic rings. The standard InChI is InChI=1S/C10H10BrCl/c11-10-6-3-5-9(8-10)4-1-2-7-12/h1,3-6,8H,2,7H2. The summed E-state index contributed by atoms with van der Waals surface area (Å²) in [5.74, 6) is 0.685. The summed E-state index contributed by atoms with van der Waals surface area (Å²) in [6.07, 6.45) is 5.08. The van der Waals surface area contributed by atoms with Gasteiger partial charge in [0.1, 0.15) is 0 Å². The molecule has 1 rings (SSSR count). The van der Waals surface area contributed by atoms with Gasteiger partial charge in [-0.3, -0.25) is 0 Å². The Labute approximate surface area is 86.4 Å². The molecular weight excluding hydrogens is 235 g/mol. The average Bonchev–Trinajstić information content (AvgIpc) is 2.05. The van der Waals surface area contributed by atoms with Gasteiger partial charge in [-0.05, 0) is 24.1 Å². The molecule has 0 fully saturated rings. The Morgan fingerprint density at radius 3 is 2.92 bits per heavy atom. The van der Waals surface area contributed by atoms with Gasteiger partial charge in [0.25, 0.3) is 0 Å². The number of rotatable bonds is 3. The minimum Gasteiger partial charge on any atom is -0.126 e. The molecular formula is C10H10BrCl. The second kappa shape index (κ2) is 5.39. The molecule has 0 aliphatic heterocycles. The number of hydrogen-bond donors (Lipinski definition) is 0. The topological polar surface area (TPSA) is 0 Å². The molecule has 0 bridgehead atoms. The molecule has 0 radical (unpaired) electrons. The van der Waals surface area contributed by atoms with Crippen molar-refractivity contribution in [3.8, 4) is 0 Å². The molecule has 0 aliphatic carbocycles. The van der Waals surface area contributed by atoms with Gasteiger partial charge in [0.2, 0.25) is 0 Å². The van der Waals surface area contributed by atoms with E-state index in [0.29, 0.717) is 5.88 Å². The quantitative estimate of drug-likeness (QED) is 0.704. The van der Waals surface area contributed by atoms with E-state index < -0.39 is 0 Å². The maximum Gasteiger partial charge on any atom is 0.0258 e. The Morgan fingerprint density at radius 1 is 1.42 bits per heavy atom. The molecule has 0 atom stereocenters. The van der Waals surface area contributed by atoms with Gasteiger partial charge < -0.3 is 0 Å². The number of hydrogen-bond acceptors (Lipinski definition) is 0. The number of benzene rings is 1. The fraction of sp³-hybridized carbons (Fsp3) is 0.200. The Morgan fingerprint density at radius 2 is 2.25 bits per heavy atom. The molecule has 2 heteroatoms. The van der Waals surface area contributed by atoms with Gasteiger partial charge in [-0.15, -0.1) is 11.6 Å². The summed E-state index contributed by atoms with van der Waals surface area (Å²) in [5, 5.41) is 0. The molecule has 64 valence electrons. The monoisotopic (exact) mass is 244 g/mol. The molecule has 0 spiro atoms. The SMILES string of the molecule is ClCCC=Cc1cccc(Br)c1. The number of allylic oxidation sites excluding steroid dienone is 1. The summed E-state index contributed by atoms with van der Waals surface area (Å²) in [6.45, 7) is 0. The summed E-state index contributed by atoms with van der Waals surface area (Å²) in [6, 6.07) is 8.17. The highest BCUT2D eigenvalue weighted by Gasteiger charge is 1.87. The zero-order chi connectivity index (χ0) is 8.81. The predicted octanol–water partition coefficient (Wildman–Crippen LogP) is 4.09. The van der Waals surface area contributed by atoms with Gasteiger partial charge in [-0.1, -0.05) is 40.2 Å². The first-order valence-corrected chi connectivity index (χ1v) is 5.14. The number of halogens is 2. The van der Waals surface area contributed by atoms with Crippen LogP contribution >= 0.6 is 27.5 Å². The fourth-order valence-corrected chi connectivity index (χ4v) is 1.44. The summed E-state index contributed by atoms with van der Waals surface area (Å²) < 4.78 is 1.11. The minimum absolute atomic E-state index is 0.685. The van der Waals surface area contributed by atoms with Crippen LogP contribution < -0.4 is 0 Å². The maximum absolute atomic E-state index is 5.54. The van der Waals surface area contributed by atoms with E-state index in [-0.39, 0.29) is 0 Å². The van der Waals surface area contributed by atoms with E-state index in [1.165, 1.54) is 5.56 Å². The minimum atomic E-state index is 0.685. The molecule has 12 heavy (non-hydrogen) atoms. The van der Waals surface area contributed by atoms with E-state index in [2.05, 4.69) is 40.2 Å². The smallest absolute Gasteiger partial charge is 0.0258 e. The van der Waals surface area contributed by atoms with Gasteiger partial charge >= 0.3 is 0 Å². The Balaban J connectivity index is 2.63. The number of alkyl halides is 1. The third-order valence-corrected chi connectivity index (χ3v) is 2.15. The Bertz CT molecular complexity index is 268.